The van der Waals surface area contributed by atoms with Gasteiger partial charge in [0, 0.05) is 6.42 Å². The van der Waals surface area contributed by atoms with Crippen molar-refractivity contribution in [1.82, 2.24) is 10.6 Å². The van der Waals surface area contributed by atoms with E-state index in [2.05, 4.69) is 15.6 Å². The van der Waals surface area contributed by atoms with Crippen molar-refractivity contribution in [3.8, 4) is 5.75 Å². The zero-order valence-corrected chi connectivity index (χ0v) is 15.3. The molecule has 0 unspecified atom stereocenters. The molecule has 0 aromatic heterocycles. The second-order valence-corrected chi connectivity index (χ2v) is 6.47. The minimum absolute atomic E-state index is 0.154. The van der Waals surface area contributed by atoms with E-state index in [4.69, 9.17) is 4.74 Å². The van der Waals surface area contributed by atoms with Crippen LogP contribution in [-0.2, 0) is 9.59 Å². The predicted molar refractivity (Wildman–Crippen MR) is 103 cm³/mol. The Bertz CT molecular complexity index is 816. The van der Waals surface area contributed by atoms with Gasteiger partial charge in [-0.25, -0.2) is 4.99 Å². The van der Waals surface area contributed by atoms with Gasteiger partial charge in [0.05, 0.1) is 19.1 Å². The number of carbonyl (C=O) groups is 2. The molecular formula is C21H23N3O3. The average Bonchev–Trinajstić information content (AvgIpc) is 2.66. The first-order valence-corrected chi connectivity index (χ1v) is 9.02. The van der Waals surface area contributed by atoms with Crippen LogP contribution in [0.2, 0.25) is 0 Å². The van der Waals surface area contributed by atoms with Crippen LogP contribution in [0, 0.1) is 6.92 Å². The first-order chi connectivity index (χ1) is 13.1. The molecule has 2 aromatic carbocycles. The quantitative estimate of drug-likeness (QED) is 0.773. The smallest absolute Gasteiger partial charge is 0.229 e. The van der Waals surface area contributed by atoms with Crippen molar-refractivity contribution in [1.29, 1.82) is 0 Å². The lowest BCUT2D eigenvalue weighted by molar-refractivity contribution is -0.120. The highest BCUT2D eigenvalue weighted by molar-refractivity contribution is 6.06. The molecule has 1 atom stereocenters. The summed E-state index contributed by atoms with van der Waals surface area (Å²) in [7, 11) is 0. The van der Waals surface area contributed by atoms with E-state index in [1.54, 1.807) is 0 Å². The molecule has 0 aliphatic carbocycles. The number of nitrogens with zero attached hydrogens (tertiary/aromatic N) is 1. The molecule has 1 aliphatic rings. The fraction of sp³-hybridized carbons (Fsp3) is 0.286. The molecule has 0 fully saturated rings. The Kier molecular flexibility index (Phi) is 6.20. The minimum Gasteiger partial charge on any atom is -0.494 e. The Morgan fingerprint density at radius 2 is 1.93 bits per heavy atom. The largest absolute Gasteiger partial charge is 0.494 e. The molecular weight excluding hydrogens is 342 g/mol. The molecule has 0 saturated carbocycles. The van der Waals surface area contributed by atoms with Crippen molar-refractivity contribution in [2.24, 2.45) is 4.99 Å². The lowest BCUT2D eigenvalue weighted by atomic mass is 10.0. The van der Waals surface area contributed by atoms with Crippen LogP contribution in [-0.4, -0.2) is 24.4 Å². The standard InChI is InChI=1S/C21H23N3O3/c1-15-9-11-16(12-10-15)18-14-20(26)24-21(22-18)23-19(25)8-5-13-27-17-6-3-2-4-7-17/h2-4,6-7,9-12,18H,5,8,13-14H2,1H3,(H2,22,23,24,25,26)/t18-/m0/s1. The van der Waals surface area contributed by atoms with E-state index in [0.29, 0.717) is 13.0 Å². The van der Waals surface area contributed by atoms with Crippen molar-refractivity contribution in [3.63, 3.8) is 0 Å². The van der Waals surface area contributed by atoms with Gasteiger partial charge in [0.1, 0.15) is 5.75 Å². The highest BCUT2D eigenvalue weighted by Gasteiger charge is 2.23. The molecule has 27 heavy (non-hydrogen) atoms. The third kappa shape index (κ3) is 5.67. The molecule has 2 aromatic rings. The van der Waals surface area contributed by atoms with Crippen LogP contribution in [0.1, 0.15) is 36.4 Å². The summed E-state index contributed by atoms with van der Waals surface area (Å²) in [6, 6.07) is 17.1. The fourth-order valence-corrected chi connectivity index (χ4v) is 2.77. The Hall–Kier alpha value is -3.15. The third-order valence-corrected chi connectivity index (χ3v) is 4.20. The van der Waals surface area contributed by atoms with Crippen LogP contribution in [0.25, 0.3) is 0 Å². The zero-order chi connectivity index (χ0) is 19.1. The molecule has 2 N–H and O–H groups in total. The summed E-state index contributed by atoms with van der Waals surface area (Å²) in [5.74, 6) is 0.641. The summed E-state index contributed by atoms with van der Waals surface area (Å²) in [6.07, 6.45) is 1.13. The Labute approximate surface area is 158 Å². The van der Waals surface area contributed by atoms with Gasteiger partial charge in [-0.05, 0) is 31.0 Å². The maximum absolute atomic E-state index is 12.1. The van der Waals surface area contributed by atoms with Gasteiger partial charge < -0.3 is 4.74 Å². The molecule has 1 heterocycles. The maximum Gasteiger partial charge on any atom is 0.229 e. The van der Waals surface area contributed by atoms with E-state index >= 15 is 0 Å². The summed E-state index contributed by atoms with van der Waals surface area (Å²) in [4.78, 5) is 28.5. The minimum atomic E-state index is -0.281. The zero-order valence-electron chi connectivity index (χ0n) is 15.3. The van der Waals surface area contributed by atoms with E-state index in [9.17, 15) is 9.59 Å². The summed E-state index contributed by atoms with van der Waals surface area (Å²) < 4.78 is 5.57. The normalized spacial score (nSPS) is 16.3. The number of rotatable bonds is 6. The number of aryl methyl sites for hydroxylation is 1. The van der Waals surface area contributed by atoms with Crippen LogP contribution in [0.4, 0.5) is 0 Å². The molecule has 0 saturated heterocycles. The summed E-state index contributed by atoms with van der Waals surface area (Å²) >= 11 is 0. The van der Waals surface area contributed by atoms with Gasteiger partial charge in [-0.3, -0.25) is 20.2 Å². The van der Waals surface area contributed by atoms with Crippen molar-refractivity contribution in [2.75, 3.05) is 6.61 Å². The van der Waals surface area contributed by atoms with Crippen LogP contribution in [0.15, 0.2) is 59.6 Å². The van der Waals surface area contributed by atoms with Crippen LogP contribution in [0.3, 0.4) is 0 Å². The number of amides is 2. The number of hydrogen-bond acceptors (Lipinski definition) is 4. The molecule has 0 bridgehead atoms. The van der Waals surface area contributed by atoms with Crippen molar-refractivity contribution in [3.05, 3.63) is 65.7 Å². The lowest BCUT2D eigenvalue weighted by Crippen LogP contribution is -2.47. The predicted octanol–water partition coefficient (Wildman–Crippen LogP) is 2.89. The van der Waals surface area contributed by atoms with E-state index < -0.39 is 0 Å². The van der Waals surface area contributed by atoms with Crippen LogP contribution >= 0.6 is 0 Å². The molecule has 3 rings (SSSR count). The second-order valence-electron chi connectivity index (χ2n) is 6.47. The summed E-state index contributed by atoms with van der Waals surface area (Å²) in [5.41, 5.74) is 2.10. The summed E-state index contributed by atoms with van der Waals surface area (Å²) in [6.45, 7) is 2.45. The number of para-hydroxylation sites is 1. The molecule has 1 aliphatic heterocycles. The highest BCUT2D eigenvalue weighted by atomic mass is 16.5. The summed E-state index contributed by atoms with van der Waals surface area (Å²) in [5, 5.41) is 5.31. The first kappa shape index (κ1) is 18.6. The molecule has 0 radical (unpaired) electrons. The molecule has 0 spiro atoms. The SMILES string of the molecule is Cc1ccc([C@@H]2CC(=O)NC(NC(=O)CCCOc3ccccc3)=N2)cc1. The number of ether oxygens (including phenoxy) is 1. The Morgan fingerprint density at radius 1 is 1.19 bits per heavy atom. The van der Waals surface area contributed by atoms with Gasteiger partial charge in [-0.2, -0.15) is 0 Å². The van der Waals surface area contributed by atoms with Gasteiger partial charge >= 0.3 is 0 Å². The fourth-order valence-electron chi connectivity index (χ4n) is 2.77. The number of nitrogens with one attached hydrogen (secondary N) is 2. The molecule has 2 amide bonds. The Balaban J connectivity index is 1.50. The second kappa shape index (κ2) is 8.98. The number of aliphatic imine (C=N–C) groups is 1. The Morgan fingerprint density at radius 3 is 2.67 bits per heavy atom. The van der Waals surface area contributed by atoms with Gasteiger partial charge in [0.25, 0.3) is 0 Å². The van der Waals surface area contributed by atoms with Gasteiger partial charge in [0.2, 0.25) is 17.8 Å². The lowest BCUT2D eigenvalue weighted by Gasteiger charge is -2.21. The van der Waals surface area contributed by atoms with E-state index in [0.717, 1.165) is 16.9 Å². The first-order valence-electron chi connectivity index (χ1n) is 9.02. The third-order valence-electron chi connectivity index (χ3n) is 4.20. The van der Waals surface area contributed by atoms with Crippen molar-refractivity contribution in [2.45, 2.75) is 32.2 Å². The van der Waals surface area contributed by atoms with Gasteiger partial charge in [-0.1, -0.05) is 48.0 Å². The van der Waals surface area contributed by atoms with Crippen molar-refractivity contribution < 1.29 is 14.3 Å². The maximum atomic E-state index is 12.1. The van der Waals surface area contributed by atoms with Gasteiger partial charge in [0.15, 0.2) is 0 Å². The average molecular weight is 365 g/mol. The number of benzene rings is 2. The topological polar surface area (TPSA) is 79.8 Å². The van der Waals surface area contributed by atoms with Crippen LogP contribution in [0.5, 0.6) is 5.75 Å². The number of guanidine groups is 1. The van der Waals surface area contributed by atoms with Crippen LogP contribution < -0.4 is 15.4 Å². The number of hydrogen-bond donors (Lipinski definition) is 2. The number of carbonyl (C=O) groups excluding carboxylic acids is 2. The molecule has 6 heteroatoms. The van der Waals surface area contributed by atoms with E-state index in [-0.39, 0.29) is 36.7 Å². The highest BCUT2D eigenvalue weighted by Crippen LogP contribution is 2.23. The van der Waals surface area contributed by atoms with E-state index in [1.807, 2.05) is 61.5 Å². The monoisotopic (exact) mass is 365 g/mol. The van der Waals surface area contributed by atoms with E-state index in [1.165, 1.54) is 0 Å². The van der Waals surface area contributed by atoms with Gasteiger partial charge in [-0.15, -0.1) is 0 Å². The van der Waals surface area contributed by atoms with Crippen molar-refractivity contribution >= 4 is 17.8 Å². The molecule has 140 valence electrons. The molecule has 6 nitrogen and oxygen atoms in total.